The van der Waals surface area contributed by atoms with Crippen molar-refractivity contribution >= 4 is 23.5 Å². The molecule has 0 saturated heterocycles. The number of esters is 1. The molecule has 0 radical (unpaired) electrons. The monoisotopic (exact) mass is 379 g/mol. The molecular weight excluding hydrogens is 359 g/mol. The highest BCUT2D eigenvalue weighted by molar-refractivity contribution is 8.00. The molecule has 0 saturated carbocycles. The van der Waals surface area contributed by atoms with E-state index in [-0.39, 0.29) is 17.3 Å². The van der Waals surface area contributed by atoms with Crippen LogP contribution in [0.15, 0.2) is 10.9 Å². The topological polar surface area (TPSA) is 76.2 Å². The zero-order chi connectivity index (χ0) is 19.4. The highest BCUT2D eigenvalue weighted by Gasteiger charge is 2.42. The van der Waals surface area contributed by atoms with Crippen molar-refractivity contribution in [1.29, 1.82) is 0 Å². The first-order chi connectivity index (χ1) is 11.4. The Morgan fingerprint density at radius 2 is 1.88 bits per heavy atom. The molecular formula is C16H20F3NO4S. The van der Waals surface area contributed by atoms with Gasteiger partial charge in [-0.15, -0.1) is 11.8 Å². The predicted molar refractivity (Wildman–Crippen MR) is 89.0 cm³/mol. The zero-order valence-corrected chi connectivity index (χ0v) is 15.1. The van der Waals surface area contributed by atoms with Crippen LogP contribution < -0.4 is 5.56 Å². The SMILES string of the molecule is Cc1cc(C)c(C(=O)C[C@H](SCC(=O)OC(C)C)C(F)(F)F)c(=O)[nH]1. The van der Waals surface area contributed by atoms with Crippen molar-refractivity contribution in [1.82, 2.24) is 4.98 Å². The molecule has 140 valence electrons. The van der Waals surface area contributed by atoms with Crippen LogP contribution in [0.4, 0.5) is 13.2 Å². The molecule has 0 amide bonds. The van der Waals surface area contributed by atoms with E-state index in [1.165, 1.54) is 13.0 Å². The molecule has 1 atom stereocenters. The number of H-pyrrole nitrogens is 1. The fourth-order valence-electron chi connectivity index (χ4n) is 2.21. The number of pyridine rings is 1. The third-order valence-corrected chi connectivity index (χ3v) is 4.39. The number of rotatable bonds is 7. The van der Waals surface area contributed by atoms with Crippen molar-refractivity contribution < 1.29 is 27.5 Å². The van der Waals surface area contributed by atoms with Crippen molar-refractivity contribution in [2.75, 3.05) is 5.75 Å². The van der Waals surface area contributed by atoms with Gasteiger partial charge in [0.15, 0.2) is 5.78 Å². The van der Waals surface area contributed by atoms with Crippen LogP contribution in [0.2, 0.25) is 0 Å². The summed E-state index contributed by atoms with van der Waals surface area (Å²) in [6.45, 7) is 6.27. The van der Waals surface area contributed by atoms with Crippen LogP contribution in [-0.2, 0) is 9.53 Å². The van der Waals surface area contributed by atoms with E-state index in [1.807, 2.05) is 0 Å². The van der Waals surface area contributed by atoms with Crippen molar-refractivity contribution in [2.45, 2.75) is 51.6 Å². The second-order valence-corrected chi connectivity index (χ2v) is 7.04. The number of thioether (sulfide) groups is 1. The van der Waals surface area contributed by atoms with Crippen LogP contribution >= 0.6 is 11.8 Å². The van der Waals surface area contributed by atoms with Gasteiger partial charge in [-0.25, -0.2) is 0 Å². The molecule has 1 rings (SSSR count). The predicted octanol–water partition coefficient (Wildman–Crippen LogP) is 3.18. The Labute approximate surface area is 147 Å². The molecule has 0 bridgehead atoms. The van der Waals surface area contributed by atoms with E-state index in [0.29, 0.717) is 11.3 Å². The molecule has 0 aliphatic rings. The van der Waals surface area contributed by atoms with E-state index in [2.05, 4.69) is 4.98 Å². The van der Waals surface area contributed by atoms with Crippen LogP contribution in [-0.4, -0.2) is 40.0 Å². The summed E-state index contributed by atoms with van der Waals surface area (Å²) < 4.78 is 44.3. The number of ether oxygens (including phenoxy) is 1. The molecule has 1 aromatic heterocycles. The quantitative estimate of drug-likeness (QED) is 0.582. The Morgan fingerprint density at radius 3 is 2.36 bits per heavy atom. The van der Waals surface area contributed by atoms with Crippen LogP contribution in [0, 0.1) is 13.8 Å². The zero-order valence-electron chi connectivity index (χ0n) is 14.3. The lowest BCUT2D eigenvalue weighted by atomic mass is 10.0. The summed E-state index contributed by atoms with van der Waals surface area (Å²) in [6, 6.07) is 1.52. The minimum Gasteiger partial charge on any atom is -0.462 e. The summed E-state index contributed by atoms with van der Waals surface area (Å²) in [5.74, 6) is -2.23. The summed E-state index contributed by atoms with van der Waals surface area (Å²) in [5, 5.41) is -2.10. The first kappa shape index (κ1) is 21.3. The number of halogens is 3. The van der Waals surface area contributed by atoms with Gasteiger partial charge < -0.3 is 9.72 Å². The number of aryl methyl sites for hydroxylation is 2. The fourth-order valence-corrected chi connectivity index (χ4v) is 3.07. The molecule has 5 nitrogen and oxygen atoms in total. The molecule has 0 aliphatic heterocycles. The van der Waals surface area contributed by atoms with Crippen LogP contribution in [0.5, 0.6) is 0 Å². The molecule has 0 spiro atoms. The number of hydrogen-bond donors (Lipinski definition) is 1. The van der Waals surface area contributed by atoms with Gasteiger partial charge in [0.05, 0.1) is 17.4 Å². The number of Topliss-reactive ketones (excluding diaryl/α,β-unsaturated/α-hetero) is 1. The molecule has 0 aliphatic carbocycles. The second kappa shape index (κ2) is 8.55. The molecule has 0 unspecified atom stereocenters. The number of ketones is 1. The number of aromatic nitrogens is 1. The number of aromatic amines is 1. The Morgan fingerprint density at radius 1 is 1.28 bits per heavy atom. The lowest BCUT2D eigenvalue weighted by Crippen LogP contribution is -2.32. The van der Waals surface area contributed by atoms with E-state index in [4.69, 9.17) is 4.74 Å². The molecule has 1 heterocycles. The summed E-state index contributed by atoms with van der Waals surface area (Å²) in [4.78, 5) is 38.0. The lowest BCUT2D eigenvalue weighted by Gasteiger charge is -2.19. The summed E-state index contributed by atoms with van der Waals surface area (Å²) >= 11 is 0.284. The first-order valence-corrected chi connectivity index (χ1v) is 8.58. The van der Waals surface area contributed by atoms with Crippen molar-refractivity contribution in [3.63, 3.8) is 0 Å². The van der Waals surface area contributed by atoms with Crippen LogP contribution in [0.3, 0.4) is 0 Å². The number of alkyl halides is 3. The Bertz CT molecular complexity index is 698. The number of carbonyl (C=O) groups excluding carboxylic acids is 2. The lowest BCUT2D eigenvalue weighted by molar-refractivity contribution is -0.144. The minimum absolute atomic E-state index is 0.284. The standard InChI is InChI=1S/C16H20F3NO4S/c1-8(2)24-13(22)7-25-12(16(17,18)19)6-11(21)14-9(3)5-10(4)20-15(14)23/h5,8,12H,6-7H2,1-4H3,(H,20,23)/t12-/m0/s1. The maximum absolute atomic E-state index is 13.2. The van der Waals surface area contributed by atoms with Crippen molar-refractivity contribution in [3.8, 4) is 0 Å². The van der Waals surface area contributed by atoms with Gasteiger partial charge in [0.2, 0.25) is 0 Å². The van der Waals surface area contributed by atoms with E-state index >= 15 is 0 Å². The van der Waals surface area contributed by atoms with E-state index in [1.54, 1.807) is 20.8 Å². The third kappa shape index (κ3) is 6.56. The maximum atomic E-state index is 13.2. The Balaban J connectivity index is 2.91. The molecule has 0 aromatic carbocycles. The maximum Gasteiger partial charge on any atom is 0.401 e. The van der Waals surface area contributed by atoms with Gasteiger partial charge in [-0.05, 0) is 39.3 Å². The van der Waals surface area contributed by atoms with Gasteiger partial charge in [-0.2, -0.15) is 13.2 Å². The van der Waals surface area contributed by atoms with E-state index < -0.39 is 47.0 Å². The molecule has 0 fully saturated rings. The molecule has 9 heteroatoms. The van der Waals surface area contributed by atoms with Crippen LogP contribution in [0.25, 0.3) is 0 Å². The Hall–Kier alpha value is -1.77. The van der Waals surface area contributed by atoms with Gasteiger partial charge in [0, 0.05) is 12.1 Å². The largest absolute Gasteiger partial charge is 0.462 e. The summed E-state index contributed by atoms with van der Waals surface area (Å²) in [6.07, 6.45) is -6.05. The average Bonchev–Trinajstić information content (AvgIpc) is 2.40. The van der Waals surface area contributed by atoms with Gasteiger partial charge in [0.1, 0.15) is 5.25 Å². The normalized spacial score (nSPS) is 13.0. The smallest absolute Gasteiger partial charge is 0.401 e. The first-order valence-electron chi connectivity index (χ1n) is 7.53. The summed E-state index contributed by atoms with van der Waals surface area (Å²) in [7, 11) is 0. The van der Waals surface area contributed by atoms with E-state index in [0.717, 1.165) is 0 Å². The number of carbonyl (C=O) groups is 2. The number of nitrogens with one attached hydrogen (secondary N) is 1. The second-order valence-electron chi connectivity index (χ2n) is 5.85. The van der Waals surface area contributed by atoms with Gasteiger partial charge in [-0.3, -0.25) is 14.4 Å². The summed E-state index contributed by atoms with van der Waals surface area (Å²) in [5.41, 5.74) is -0.175. The molecule has 25 heavy (non-hydrogen) atoms. The van der Waals surface area contributed by atoms with Crippen molar-refractivity contribution in [3.05, 3.63) is 33.2 Å². The van der Waals surface area contributed by atoms with Gasteiger partial charge in [0.25, 0.3) is 5.56 Å². The van der Waals surface area contributed by atoms with Crippen LogP contribution in [0.1, 0.15) is 41.9 Å². The van der Waals surface area contributed by atoms with Gasteiger partial charge in [-0.1, -0.05) is 0 Å². The highest BCUT2D eigenvalue weighted by atomic mass is 32.2. The Kier molecular flexibility index (Phi) is 7.28. The van der Waals surface area contributed by atoms with E-state index in [9.17, 15) is 27.6 Å². The third-order valence-electron chi connectivity index (χ3n) is 3.15. The highest BCUT2D eigenvalue weighted by Crippen LogP contribution is 2.33. The number of hydrogen-bond acceptors (Lipinski definition) is 5. The molecule has 1 aromatic rings. The fraction of sp³-hybridized carbons (Fsp3) is 0.562. The van der Waals surface area contributed by atoms with Crippen molar-refractivity contribution in [2.24, 2.45) is 0 Å². The molecule has 1 N–H and O–H groups in total. The average molecular weight is 379 g/mol. The van der Waals surface area contributed by atoms with Gasteiger partial charge >= 0.3 is 12.1 Å². The minimum atomic E-state index is -4.69.